The molecule has 0 aliphatic heterocycles. The maximum atomic E-state index is 8.67. The number of hydrogen-bond acceptors (Lipinski definition) is 2. The van der Waals surface area contributed by atoms with Crippen molar-refractivity contribution < 1.29 is 10.2 Å². The molecule has 0 fully saturated rings. The molecule has 0 aromatic heterocycles. The zero-order valence-electron chi connectivity index (χ0n) is 4.96. The lowest BCUT2D eigenvalue weighted by atomic mass is 9.97. The summed E-state index contributed by atoms with van der Waals surface area (Å²) < 4.78 is 0. The third-order valence-electron chi connectivity index (χ3n) is 0.618. The summed E-state index contributed by atoms with van der Waals surface area (Å²) in [5.41, 5.74) is 0.169. The molecule has 0 bridgehead atoms. The molecule has 0 aromatic carbocycles. The van der Waals surface area contributed by atoms with Crippen molar-refractivity contribution in [2.45, 2.75) is 0 Å². The van der Waals surface area contributed by atoms with Crippen LogP contribution in [0.4, 0.5) is 0 Å². The highest BCUT2D eigenvalue weighted by Gasteiger charge is 1.92. The molecular weight excluding hydrogens is 115 g/mol. The number of aliphatic hydroxyl groups is 2. The van der Waals surface area contributed by atoms with Gasteiger partial charge in [-0.05, 0) is 6.08 Å². The van der Waals surface area contributed by atoms with Crippen LogP contribution in [0.5, 0.6) is 0 Å². The van der Waals surface area contributed by atoms with Gasteiger partial charge in [-0.2, -0.15) is 0 Å². The van der Waals surface area contributed by atoms with E-state index in [-0.39, 0.29) is 11.2 Å². The van der Waals surface area contributed by atoms with E-state index in [0.717, 1.165) is 6.08 Å². The van der Waals surface area contributed by atoms with Gasteiger partial charge >= 0.3 is 0 Å². The van der Waals surface area contributed by atoms with E-state index >= 15 is 0 Å². The number of allylic oxidation sites excluding steroid dienone is 2. The largest absolute Gasteiger partial charge is 0.505 e. The normalized spacial score (nSPS) is 10.9. The zero-order chi connectivity index (χ0) is 7.44. The third-order valence-corrected chi connectivity index (χ3v) is 0.618. The Kier molecular flexibility index (Phi) is 2.65. The molecule has 0 atom stereocenters. The summed E-state index contributed by atoms with van der Waals surface area (Å²) in [6.45, 7) is 6.32. The van der Waals surface area contributed by atoms with Crippen LogP contribution in [-0.4, -0.2) is 18.1 Å². The Hall–Kier alpha value is -1.12. The molecule has 46 valence electrons. The highest BCUT2D eigenvalue weighted by Crippen LogP contribution is 2.00. The van der Waals surface area contributed by atoms with Crippen LogP contribution in [0, 0.1) is 0 Å². The van der Waals surface area contributed by atoms with Gasteiger partial charge in [0, 0.05) is 0 Å². The van der Waals surface area contributed by atoms with Crippen molar-refractivity contribution in [1.82, 2.24) is 0 Å². The fourth-order valence-corrected chi connectivity index (χ4v) is 0.259. The summed E-state index contributed by atoms with van der Waals surface area (Å²) >= 11 is 0. The Labute approximate surface area is 55.2 Å². The predicted octanol–water partition coefficient (Wildman–Crippen LogP) is 1.18. The second-order valence-electron chi connectivity index (χ2n) is 1.55. The Balaban J connectivity index is 4.17. The van der Waals surface area contributed by atoms with Crippen LogP contribution in [0.3, 0.4) is 0 Å². The molecule has 0 amide bonds. The Morgan fingerprint density at radius 3 is 1.89 bits per heavy atom. The average molecular weight is 122 g/mol. The van der Waals surface area contributed by atoms with Gasteiger partial charge in [-0.1, -0.05) is 12.1 Å². The maximum Gasteiger partial charge on any atom is 0.156 e. The molecule has 2 nitrogen and oxygen atoms in total. The molecule has 2 radical (unpaired) electrons. The number of aliphatic hydroxyl groups excluding tert-OH is 2. The number of rotatable bonds is 2. The van der Waals surface area contributed by atoms with Crippen molar-refractivity contribution >= 4 is 7.85 Å². The van der Waals surface area contributed by atoms with Gasteiger partial charge in [0.15, 0.2) is 5.76 Å². The molecule has 0 aromatic rings. The van der Waals surface area contributed by atoms with Crippen LogP contribution >= 0.6 is 0 Å². The van der Waals surface area contributed by atoms with Gasteiger partial charge in [-0.15, -0.1) is 6.58 Å². The summed E-state index contributed by atoms with van der Waals surface area (Å²) in [6.07, 6.45) is 1.11. The van der Waals surface area contributed by atoms with Gasteiger partial charge in [0.2, 0.25) is 0 Å². The fourth-order valence-electron chi connectivity index (χ4n) is 0.259. The van der Waals surface area contributed by atoms with Gasteiger partial charge in [-0.25, -0.2) is 0 Å². The minimum atomic E-state index is -0.415. The van der Waals surface area contributed by atoms with Crippen molar-refractivity contribution in [3.05, 3.63) is 36.2 Å². The van der Waals surface area contributed by atoms with Crippen LogP contribution in [0.15, 0.2) is 36.2 Å². The smallest absolute Gasteiger partial charge is 0.156 e. The first-order valence-electron chi connectivity index (χ1n) is 2.27. The SMILES string of the molecule is [B]C(=C)/C=C(/O)C(=C)O. The first kappa shape index (κ1) is 7.88. The first-order chi connectivity index (χ1) is 4.04. The van der Waals surface area contributed by atoms with E-state index in [2.05, 4.69) is 13.2 Å². The summed E-state index contributed by atoms with van der Waals surface area (Å²) in [4.78, 5) is 0. The molecule has 0 aliphatic carbocycles. The van der Waals surface area contributed by atoms with E-state index < -0.39 is 5.76 Å². The molecule has 9 heavy (non-hydrogen) atoms. The van der Waals surface area contributed by atoms with E-state index in [1.54, 1.807) is 0 Å². The standard InChI is InChI=1S/C6H7BO2/c1-4(7)3-6(9)5(2)8/h3,8-9H,1-2H2/b6-3+. The van der Waals surface area contributed by atoms with E-state index in [9.17, 15) is 0 Å². The molecule has 0 heterocycles. The molecule has 0 aliphatic rings. The van der Waals surface area contributed by atoms with Crippen molar-refractivity contribution in [3.63, 3.8) is 0 Å². The highest BCUT2D eigenvalue weighted by molar-refractivity contribution is 6.23. The summed E-state index contributed by atoms with van der Waals surface area (Å²) in [5.74, 6) is -0.774. The Morgan fingerprint density at radius 2 is 1.78 bits per heavy atom. The summed E-state index contributed by atoms with van der Waals surface area (Å²) in [5, 5.41) is 17.1. The van der Waals surface area contributed by atoms with Gasteiger partial charge in [0.1, 0.15) is 13.6 Å². The second kappa shape index (κ2) is 3.02. The Morgan fingerprint density at radius 1 is 1.33 bits per heavy atom. The summed E-state index contributed by atoms with van der Waals surface area (Å²) in [7, 11) is 5.05. The average Bonchev–Trinajstić information content (AvgIpc) is 1.63. The second-order valence-corrected chi connectivity index (χ2v) is 1.55. The molecule has 0 spiro atoms. The lowest BCUT2D eigenvalue weighted by Gasteiger charge is -1.94. The van der Waals surface area contributed by atoms with Crippen molar-refractivity contribution in [2.24, 2.45) is 0 Å². The van der Waals surface area contributed by atoms with Gasteiger partial charge in [-0.3, -0.25) is 0 Å². The molecule has 0 rings (SSSR count). The van der Waals surface area contributed by atoms with Crippen LogP contribution in [0.2, 0.25) is 0 Å². The van der Waals surface area contributed by atoms with E-state index in [0.29, 0.717) is 0 Å². The van der Waals surface area contributed by atoms with Gasteiger partial charge < -0.3 is 10.2 Å². The van der Waals surface area contributed by atoms with E-state index in [1.807, 2.05) is 0 Å². The minimum absolute atomic E-state index is 0.169. The van der Waals surface area contributed by atoms with Crippen molar-refractivity contribution in [2.75, 3.05) is 0 Å². The number of hydrogen-bond donors (Lipinski definition) is 2. The molecule has 0 saturated carbocycles. The van der Waals surface area contributed by atoms with Crippen molar-refractivity contribution in [1.29, 1.82) is 0 Å². The molecule has 0 unspecified atom stereocenters. The molecule has 0 saturated heterocycles. The van der Waals surface area contributed by atoms with Crippen LogP contribution in [0.1, 0.15) is 0 Å². The monoisotopic (exact) mass is 122 g/mol. The topological polar surface area (TPSA) is 40.5 Å². The lowest BCUT2D eigenvalue weighted by Crippen LogP contribution is -1.85. The summed E-state index contributed by atoms with van der Waals surface area (Å²) in [6, 6.07) is 0. The van der Waals surface area contributed by atoms with Gasteiger partial charge in [0.25, 0.3) is 0 Å². The zero-order valence-corrected chi connectivity index (χ0v) is 4.96. The highest BCUT2D eigenvalue weighted by atomic mass is 16.3. The Bertz CT molecular complexity index is 170. The predicted molar refractivity (Wildman–Crippen MR) is 37.4 cm³/mol. The van der Waals surface area contributed by atoms with E-state index in [4.69, 9.17) is 18.1 Å². The fraction of sp³-hybridized carbons (Fsp3) is 0. The van der Waals surface area contributed by atoms with Crippen molar-refractivity contribution in [3.8, 4) is 0 Å². The minimum Gasteiger partial charge on any atom is -0.505 e. The van der Waals surface area contributed by atoms with Crippen LogP contribution in [0.25, 0.3) is 0 Å². The van der Waals surface area contributed by atoms with Crippen LogP contribution in [-0.2, 0) is 0 Å². The maximum absolute atomic E-state index is 8.67. The first-order valence-corrected chi connectivity index (χ1v) is 2.27. The molecule has 2 N–H and O–H groups in total. The van der Waals surface area contributed by atoms with E-state index in [1.165, 1.54) is 0 Å². The quantitative estimate of drug-likeness (QED) is 0.328. The third kappa shape index (κ3) is 3.47. The molecular formula is C6H7BO2. The molecule has 3 heteroatoms. The lowest BCUT2D eigenvalue weighted by molar-refractivity contribution is 0.328. The van der Waals surface area contributed by atoms with Gasteiger partial charge in [0.05, 0.1) is 0 Å². The van der Waals surface area contributed by atoms with Crippen LogP contribution < -0.4 is 0 Å².